The first-order chi connectivity index (χ1) is 11.2. The van der Waals surface area contributed by atoms with Gasteiger partial charge in [-0.3, -0.25) is 0 Å². The second-order valence-corrected chi connectivity index (χ2v) is 8.74. The van der Waals surface area contributed by atoms with E-state index in [0.29, 0.717) is 19.8 Å². The summed E-state index contributed by atoms with van der Waals surface area (Å²) in [4.78, 5) is 0. The Hall–Kier alpha value is 0.264. The van der Waals surface area contributed by atoms with E-state index in [1.807, 2.05) is 0 Å². The molecule has 0 radical (unpaired) electrons. The molecule has 0 unspecified atom stereocenters. The molecule has 0 spiro atoms. The zero-order valence-electron chi connectivity index (χ0n) is 15.7. The van der Waals surface area contributed by atoms with Gasteiger partial charge >= 0.3 is 147 Å². The summed E-state index contributed by atoms with van der Waals surface area (Å²) in [7, 11) is 0. The van der Waals surface area contributed by atoms with Crippen molar-refractivity contribution in [3.05, 3.63) is 0 Å². The summed E-state index contributed by atoms with van der Waals surface area (Å²) in [5.41, 5.74) is 0. The van der Waals surface area contributed by atoms with E-state index in [1.165, 1.54) is 38.5 Å². The van der Waals surface area contributed by atoms with Crippen LogP contribution in [-0.4, -0.2) is 19.8 Å². The van der Waals surface area contributed by atoms with Crippen molar-refractivity contribution in [1.29, 1.82) is 0 Å². The van der Waals surface area contributed by atoms with Gasteiger partial charge in [0.1, 0.15) is 0 Å². The van der Waals surface area contributed by atoms with Crippen molar-refractivity contribution in [2.24, 2.45) is 0 Å². The van der Waals surface area contributed by atoms with Crippen LogP contribution in [-0.2, 0) is 29.7 Å². The Kier molecular flexibility index (Phi) is 17.3. The van der Waals surface area contributed by atoms with Crippen LogP contribution in [0.4, 0.5) is 0 Å². The van der Waals surface area contributed by atoms with Crippen molar-refractivity contribution in [2.45, 2.75) is 97.8 Å². The first kappa shape index (κ1) is 23.3. The summed E-state index contributed by atoms with van der Waals surface area (Å²) in [6, 6.07) is 0. The molecule has 0 bridgehead atoms. The van der Waals surface area contributed by atoms with E-state index in [1.54, 1.807) is 0 Å². The Labute approximate surface area is 147 Å². The van der Waals surface area contributed by atoms with E-state index in [0.717, 1.165) is 38.5 Å². The minimum atomic E-state index is -4.05. The number of unbranched alkanes of at least 4 members (excludes halogenated alkanes) is 9. The predicted molar refractivity (Wildman–Crippen MR) is 91.0 cm³/mol. The van der Waals surface area contributed by atoms with E-state index in [9.17, 15) is 3.67 Å². The van der Waals surface area contributed by atoms with Gasteiger partial charge in [0.2, 0.25) is 0 Å². The minimum absolute atomic E-state index is 0.487. The van der Waals surface area contributed by atoms with Crippen LogP contribution in [0.25, 0.3) is 0 Å². The zero-order valence-corrected chi connectivity index (χ0v) is 17.1. The molecule has 0 heterocycles. The average Bonchev–Trinajstić information content (AvgIpc) is 2.54. The SMILES string of the molecule is CCCCCC[O][V](=[O])([O]CCCCCC)[O]CCCCCC. The molecule has 0 aliphatic rings. The molecule has 4 nitrogen and oxygen atoms in total. The van der Waals surface area contributed by atoms with Crippen LogP contribution >= 0.6 is 0 Å². The van der Waals surface area contributed by atoms with Crippen molar-refractivity contribution in [2.75, 3.05) is 19.8 Å². The monoisotopic (exact) mass is 370 g/mol. The average molecular weight is 370 g/mol. The fraction of sp³-hybridized carbons (Fsp3) is 1.00. The van der Waals surface area contributed by atoms with Crippen LogP contribution in [0.15, 0.2) is 0 Å². The van der Waals surface area contributed by atoms with Gasteiger partial charge in [0, 0.05) is 0 Å². The Balaban J connectivity index is 4.03. The molecule has 0 aromatic carbocycles. The van der Waals surface area contributed by atoms with Gasteiger partial charge in [-0.25, -0.2) is 0 Å². The van der Waals surface area contributed by atoms with E-state index >= 15 is 0 Å². The second kappa shape index (κ2) is 17.1. The van der Waals surface area contributed by atoms with Crippen LogP contribution in [0, 0.1) is 0 Å². The molecule has 0 aromatic rings. The molecule has 140 valence electrons. The second-order valence-electron chi connectivity index (χ2n) is 6.13. The Morgan fingerprint density at radius 3 is 1.09 bits per heavy atom. The molecular formula is C18H39O4V. The Morgan fingerprint density at radius 1 is 0.522 bits per heavy atom. The summed E-state index contributed by atoms with van der Waals surface area (Å²) in [5, 5.41) is 0. The van der Waals surface area contributed by atoms with Crippen LogP contribution < -0.4 is 0 Å². The zero-order chi connectivity index (χ0) is 17.2. The van der Waals surface area contributed by atoms with Gasteiger partial charge in [-0.15, -0.1) is 0 Å². The third kappa shape index (κ3) is 15.5. The van der Waals surface area contributed by atoms with E-state index in [-0.39, 0.29) is 0 Å². The molecule has 5 heteroatoms. The molecule has 23 heavy (non-hydrogen) atoms. The van der Waals surface area contributed by atoms with Crippen LogP contribution in [0.2, 0.25) is 0 Å². The van der Waals surface area contributed by atoms with Crippen LogP contribution in [0.3, 0.4) is 0 Å². The summed E-state index contributed by atoms with van der Waals surface area (Å²) in [6.45, 7) is 7.98. The Bertz CT molecular complexity index is 241. The molecule has 0 saturated heterocycles. The molecule has 0 rings (SSSR count). The molecule has 0 saturated carbocycles. The van der Waals surface area contributed by atoms with Crippen molar-refractivity contribution in [3.8, 4) is 0 Å². The van der Waals surface area contributed by atoms with Gasteiger partial charge < -0.3 is 0 Å². The summed E-state index contributed by atoms with van der Waals surface area (Å²) < 4.78 is 29.4. The number of rotatable bonds is 18. The summed E-state index contributed by atoms with van der Waals surface area (Å²) in [6.07, 6.45) is 13.2. The molecule has 0 aromatic heterocycles. The third-order valence-electron chi connectivity index (χ3n) is 3.74. The van der Waals surface area contributed by atoms with Crippen molar-refractivity contribution in [3.63, 3.8) is 0 Å². The number of hydrogen-bond donors (Lipinski definition) is 0. The normalized spacial score (nSPS) is 12.0. The molecule has 0 aliphatic heterocycles. The van der Waals surface area contributed by atoms with Gasteiger partial charge in [-0.05, 0) is 0 Å². The van der Waals surface area contributed by atoms with E-state index in [4.69, 9.17) is 11.0 Å². The van der Waals surface area contributed by atoms with E-state index in [2.05, 4.69) is 20.8 Å². The van der Waals surface area contributed by atoms with Gasteiger partial charge in [0.15, 0.2) is 0 Å². The maximum absolute atomic E-state index is 12.7. The van der Waals surface area contributed by atoms with Crippen molar-refractivity contribution >= 4 is 0 Å². The topological polar surface area (TPSA) is 44.8 Å². The summed E-state index contributed by atoms with van der Waals surface area (Å²) in [5.74, 6) is 0. The predicted octanol–water partition coefficient (Wildman–Crippen LogP) is 6.02. The standard InChI is InChI=1S/3C6H13O.O.V/c3*1-2-3-4-5-6-7;;/h3*2-6H2,1H3;;/q3*-1;;+3. The first-order valence-corrected chi connectivity index (χ1v) is 12.0. The number of hydrogen-bond acceptors (Lipinski definition) is 4. The van der Waals surface area contributed by atoms with Gasteiger partial charge in [-0.2, -0.15) is 0 Å². The molecule has 0 N–H and O–H groups in total. The quantitative estimate of drug-likeness (QED) is 0.277. The Morgan fingerprint density at radius 2 is 0.826 bits per heavy atom. The van der Waals surface area contributed by atoms with Gasteiger partial charge in [0.05, 0.1) is 0 Å². The van der Waals surface area contributed by atoms with Gasteiger partial charge in [-0.1, -0.05) is 0 Å². The van der Waals surface area contributed by atoms with Crippen molar-refractivity contribution in [1.82, 2.24) is 0 Å². The maximum atomic E-state index is 12.7. The molecular weight excluding hydrogens is 331 g/mol. The molecule has 0 atom stereocenters. The fourth-order valence-electron chi connectivity index (χ4n) is 2.23. The van der Waals surface area contributed by atoms with Crippen LogP contribution in [0.5, 0.6) is 0 Å². The van der Waals surface area contributed by atoms with Crippen LogP contribution in [0.1, 0.15) is 97.8 Å². The summed E-state index contributed by atoms with van der Waals surface area (Å²) >= 11 is -4.05. The molecule has 0 fully saturated rings. The first-order valence-electron chi connectivity index (χ1n) is 9.72. The third-order valence-corrected chi connectivity index (χ3v) is 6.08. The fourth-order valence-corrected chi connectivity index (χ4v) is 4.23. The molecule has 0 aliphatic carbocycles. The van der Waals surface area contributed by atoms with Crippen molar-refractivity contribution < 1.29 is 29.7 Å². The molecule has 0 amide bonds. The van der Waals surface area contributed by atoms with Gasteiger partial charge in [0.25, 0.3) is 0 Å². The van der Waals surface area contributed by atoms with E-state index < -0.39 is 15.0 Å².